The van der Waals surface area contributed by atoms with Gasteiger partial charge in [0.15, 0.2) is 0 Å². The van der Waals surface area contributed by atoms with E-state index in [1.807, 2.05) is 30.5 Å². The van der Waals surface area contributed by atoms with Gasteiger partial charge >= 0.3 is 0 Å². The Morgan fingerprint density at radius 1 is 1.38 bits per heavy atom. The van der Waals surface area contributed by atoms with E-state index in [-0.39, 0.29) is 12.5 Å². The molecule has 1 aromatic carbocycles. The number of amides is 1. The highest BCUT2D eigenvalue weighted by atomic mass is 32.1. The first kappa shape index (κ1) is 15.3. The zero-order chi connectivity index (χ0) is 15.2. The Labute approximate surface area is 128 Å². The van der Waals surface area contributed by atoms with Crippen molar-refractivity contribution in [2.45, 2.75) is 20.3 Å². The molecule has 1 aromatic heterocycles. The Hall–Kier alpha value is -2.09. The van der Waals surface area contributed by atoms with Gasteiger partial charge in [0, 0.05) is 11.3 Å². The Bertz CT molecular complexity index is 707. The fourth-order valence-electron chi connectivity index (χ4n) is 2.09. The van der Waals surface area contributed by atoms with Gasteiger partial charge in [0.25, 0.3) is 5.91 Å². The fraction of sp³-hybridized carbons (Fsp3) is 0.235. The van der Waals surface area contributed by atoms with E-state index in [0.717, 1.165) is 23.2 Å². The highest BCUT2D eigenvalue weighted by Gasteiger charge is 2.14. The van der Waals surface area contributed by atoms with Crippen LogP contribution < -0.4 is 5.32 Å². The lowest BCUT2D eigenvalue weighted by Gasteiger charge is -2.12. The highest BCUT2D eigenvalue weighted by molar-refractivity contribution is 7.12. The van der Waals surface area contributed by atoms with Crippen LogP contribution in [0, 0.1) is 18.8 Å². The van der Waals surface area contributed by atoms with Crippen LogP contribution in [0.5, 0.6) is 0 Å². The first-order chi connectivity index (χ1) is 10.2. The third kappa shape index (κ3) is 3.52. The van der Waals surface area contributed by atoms with Crippen molar-refractivity contribution in [2.24, 2.45) is 0 Å². The first-order valence-corrected chi connectivity index (χ1v) is 7.62. The van der Waals surface area contributed by atoms with Crippen molar-refractivity contribution in [3.05, 3.63) is 51.2 Å². The summed E-state index contributed by atoms with van der Waals surface area (Å²) in [6, 6.07) is 7.78. The van der Waals surface area contributed by atoms with Gasteiger partial charge in [0.1, 0.15) is 11.5 Å². The van der Waals surface area contributed by atoms with Gasteiger partial charge in [-0.05, 0) is 35.9 Å². The van der Waals surface area contributed by atoms with Crippen molar-refractivity contribution >= 4 is 22.9 Å². The summed E-state index contributed by atoms with van der Waals surface area (Å²) in [5.74, 6) is 5.22. The number of hydrogen-bond donors (Lipinski definition) is 2. The lowest BCUT2D eigenvalue weighted by molar-refractivity contribution is 0.103. The number of hydrogen-bond acceptors (Lipinski definition) is 3. The molecule has 0 radical (unpaired) electrons. The molecule has 0 aliphatic rings. The van der Waals surface area contributed by atoms with E-state index in [1.165, 1.54) is 11.3 Å². The number of thiophene rings is 1. The van der Waals surface area contributed by atoms with Gasteiger partial charge in [0.2, 0.25) is 0 Å². The van der Waals surface area contributed by atoms with Crippen LogP contribution in [0.3, 0.4) is 0 Å². The molecule has 4 heteroatoms. The molecule has 2 aromatic rings. The summed E-state index contributed by atoms with van der Waals surface area (Å²) >= 11 is 1.35. The van der Waals surface area contributed by atoms with Crippen LogP contribution in [0.15, 0.2) is 29.6 Å². The summed E-state index contributed by atoms with van der Waals surface area (Å²) in [6.45, 7) is 3.83. The van der Waals surface area contributed by atoms with E-state index < -0.39 is 0 Å². The van der Waals surface area contributed by atoms with Crippen molar-refractivity contribution in [2.75, 3.05) is 11.9 Å². The number of para-hydroxylation sites is 1. The predicted octanol–water partition coefficient (Wildman–Crippen LogP) is 3.22. The van der Waals surface area contributed by atoms with Crippen LogP contribution >= 0.6 is 11.3 Å². The molecule has 0 fully saturated rings. The molecule has 0 atom stereocenters. The zero-order valence-electron chi connectivity index (χ0n) is 12.1. The molecular weight excluding hydrogens is 282 g/mol. The molecule has 1 amide bonds. The molecule has 0 aliphatic heterocycles. The van der Waals surface area contributed by atoms with Gasteiger partial charge in [-0.2, -0.15) is 0 Å². The summed E-state index contributed by atoms with van der Waals surface area (Å²) in [6.07, 6.45) is 0.860. The number of aliphatic hydroxyl groups excluding tert-OH is 1. The molecule has 0 saturated carbocycles. The van der Waals surface area contributed by atoms with Crippen LogP contribution in [0.25, 0.3) is 0 Å². The Morgan fingerprint density at radius 3 is 2.90 bits per heavy atom. The minimum absolute atomic E-state index is 0.156. The maximum absolute atomic E-state index is 12.4. The molecule has 0 spiro atoms. The number of aliphatic hydroxyl groups is 1. The van der Waals surface area contributed by atoms with Crippen molar-refractivity contribution in [1.29, 1.82) is 0 Å². The molecule has 0 aliphatic carbocycles. The number of anilines is 1. The maximum Gasteiger partial charge on any atom is 0.267 e. The second-order valence-corrected chi connectivity index (χ2v) is 5.46. The van der Waals surface area contributed by atoms with Gasteiger partial charge in [-0.1, -0.05) is 37.0 Å². The third-order valence-electron chi connectivity index (χ3n) is 3.15. The Balaban J connectivity index is 2.29. The van der Waals surface area contributed by atoms with Crippen LogP contribution in [0.4, 0.5) is 5.69 Å². The SMILES string of the molecule is CCc1cccc(C)c1NC(=O)c1sccc1C#CCO. The van der Waals surface area contributed by atoms with Crippen LogP contribution in [-0.2, 0) is 6.42 Å². The van der Waals surface area contributed by atoms with Gasteiger partial charge in [-0.3, -0.25) is 4.79 Å². The van der Waals surface area contributed by atoms with E-state index >= 15 is 0 Å². The third-order valence-corrected chi connectivity index (χ3v) is 4.07. The summed E-state index contributed by atoms with van der Waals surface area (Å²) in [4.78, 5) is 13.0. The molecular formula is C17H17NO2S. The van der Waals surface area contributed by atoms with E-state index in [0.29, 0.717) is 10.4 Å². The standard InChI is InChI=1S/C17H17NO2S/c1-3-13-7-4-6-12(2)15(13)18-17(20)16-14(8-5-10-19)9-11-21-16/h4,6-7,9,11,19H,3,10H2,1-2H3,(H,18,20). The molecule has 2 rings (SSSR count). The Morgan fingerprint density at radius 2 is 2.19 bits per heavy atom. The lowest BCUT2D eigenvalue weighted by Crippen LogP contribution is -2.14. The monoisotopic (exact) mass is 299 g/mol. The Kier molecular flexibility index (Phi) is 5.15. The molecule has 0 saturated heterocycles. The lowest BCUT2D eigenvalue weighted by atomic mass is 10.1. The zero-order valence-corrected chi connectivity index (χ0v) is 12.9. The summed E-state index contributed by atoms with van der Waals surface area (Å²) < 4.78 is 0. The molecule has 2 N–H and O–H groups in total. The van der Waals surface area contributed by atoms with Gasteiger partial charge in [0.05, 0.1) is 0 Å². The summed E-state index contributed by atoms with van der Waals surface area (Å²) in [5, 5.41) is 13.6. The molecule has 0 bridgehead atoms. The molecule has 3 nitrogen and oxygen atoms in total. The molecule has 0 unspecified atom stereocenters. The predicted molar refractivity (Wildman–Crippen MR) is 86.8 cm³/mol. The molecule has 21 heavy (non-hydrogen) atoms. The molecule has 1 heterocycles. The largest absolute Gasteiger partial charge is 0.384 e. The second-order valence-electron chi connectivity index (χ2n) is 4.54. The summed E-state index contributed by atoms with van der Waals surface area (Å²) in [7, 11) is 0. The van der Waals surface area contributed by atoms with Crippen molar-refractivity contribution in [1.82, 2.24) is 0 Å². The van der Waals surface area contributed by atoms with Crippen LogP contribution in [-0.4, -0.2) is 17.6 Å². The number of carbonyl (C=O) groups is 1. The average Bonchev–Trinajstić information content (AvgIpc) is 2.95. The van der Waals surface area contributed by atoms with E-state index in [1.54, 1.807) is 6.07 Å². The van der Waals surface area contributed by atoms with Gasteiger partial charge in [-0.25, -0.2) is 0 Å². The number of aryl methyl sites for hydroxylation is 2. The van der Waals surface area contributed by atoms with E-state index in [9.17, 15) is 4.79 Å². The summed E-state index contributed by atoms with van der Waals surface area (Å²) in [5.41, 5.74) is 3.68. The highest BCUT2D eigenvalue weighted by Crippen LogP contribution is 2.24. The van der Waals surface area contributed by atoms with Gasteiger partial charge in [-0.15, -0.1) is 11.3 Å². The van der Waals surface area contributed by atoms with E-state index in [2.05, 4.69) is 24.1 Å². The van der Waals surface area contributed by atoms with Crippen molar-refractivity contribution in [3.8, 4) is 11.8 Å². The van der Waals surface area contributed by atoms with Gasteiger partial charge < -0.3 is 10.4 Å². The van der Waals surface area contributed by atoms with Crippen LogP contribution in [0.2, 0.25) is 0 Å². The number of rotatable bonds is 3. The van der Waals surface area contributed by atoms with Crippen molar-refractivity contribution < 1.29 is 9.90 Å². The normalized spacial score (nSPS) is 9.86. The fourth-order valence-corrected chi connectivity index (χ4v) is 2.83. The smallest absolute Gasteiger partial charge is 0.267 e. The topological polar surface area (TPSA) is 49.3 Å². The molecule has 108 valence electrons. The van der Waals surface area contributed by atoms with E-state index in [4.69, 9.17) is 5.11 Å². The number of benzene rings is 1. The van der Waals surface area contributed by atoms with Crippen LogP contribution in [0.1, 0.15) is 33.3 Å². The maximum atomic E-state index is 12.4. The first-order valence-electron chi connectivity index (χ1n) is 6.74. The van der Waals surface area contributed by atoms with Crippen molar-refractivity contribution in [3.63, 3.8) is 0 Å². The quantitative estimate of drug-likeness (QED) is 0.855. The number of carbonyl (C=O) groups excluding carboxylic acids is 1. The average molecular weight is 299 g/mol. The number of nitrogens with one attached hydrogen (secondary N) is 1. The minimum atomic E-state index is -0.214. The minimum Gasteiger partial charge on any atom is -0.384 e. The second kappa shape index (κ2) is 7.07.